The molecule has 0 radical (unpaired) electrons. The third kappa shape index (κ3) is 9.92. The molecular weight excluding hydrogens is 675 g/mol. The quantitative estimate of drug-likeness (QED) is 0.179. The second kappa shape index (κ2) is 17.7. The van der Waals surface area contributed by atoms with E-state index in [4.69, 9.17) is 37.4 Å². The van der Waals surface area contributed by atoms with Gasteiger partial charge in [-0.3, -0.25) is 9.59 Å². The van der Waals surface area contributed by atoms with Crippen molar-refractivity contribution in [2.24, 2.45) is 5.41 Å². The van der Waals surface area contributed by atoms with Crippen LogP contribution in [0, 0.1) is 5.41 Å². The molecule has 5 rings (SSSR count). The summed E-state index contributed by atoms with van der Waals surface area (Å²) in [5.74, 6) is 0.733. The maximum absolute atomic E-state index is 14.4. The number of nitrogens with one attached hydrogen (secondary N) is 2. The van der Waals surface area contributed by atoms with E-state index in [1.807, 2.05) is 48.5 Å². The van der Waals surface area contributed by atoms with Gasteiger partial charge in [0.25, 0.3) is 5.91 Å². The van der Waals surface area contributed by atoms with Crippen LogP contribution in [0.2, 0.25) is 10.0 Å². The lowest BCUT2D eigenvalue weighted by Crippen LogP contribution is -2.49. The highest BCUT2D eigenvalue weighted by molar-refractivity contribution is 6.31. The number of methoxy groups -OCH3 is 1. The van der Waals surface area contributed by atoms with Crippen LogP contribution in [0.5, 0.6) is 11.5 Å². The molecule has 0 bridgehead atoms. The summed E-state index contributed by atoms with van der Waals surface area (Å²) in [6, 6.07) is 19.1. The number of hydrogen-bond donors (Lipinski definition) is 2. The van der Waals surface area contributed by atoms with E-state index in [9.17, 15) is 9.59 Å². The zero-order valence-corrected chi connectivity index (χ0v) is 31.1. The van der Waals surface area contributed by atoms with E-state index < -0.39 is 12.2 Å². The number of ether oxygens (including phenoxy) is 3. The summed E-state index contributed by atoms with van der Waals surface area (Å²) in [7, 11) is 1.60. The van der Waals surface area contributed by atoms with Gasteiger partial charge in [-0.2, -0.15) is 0 Å². The van der Waals surface area contributed by atoms with Crippen LogP contribution in [0.15, 0.2) is 60.7 Å². The first-order valence-corrected chi connectivity index (χ1v) is 18.3. The molecule has 0 aliphatic carbocycles. The van der Waals surface area contributed by atoms with Crippen LogP contribution >= 0.6 is 23.2 Å². The Morgan fingerprint density at radius 1 is 1.00 bits per heavy atom. The van der Waals surface area contributed by atoms with E-state index >= 15 is 0 Å². The molecule has 3 aromatic rings. The molecule has 11 heteroatoms. The Morgan fingerprint density at radius 3 is 2.50 bits per heavy atom. The minimum absolute atomic E-state index is 0.0679. The molecule has 1 saturated heterocycles. The topological polar surface area (TPSA) is 92.4 Å². The van der Waals surface area contributed by atoms with Gasteiger partial charge in [-0.25, -0.2) is 0 Å². The Morgan fingerprint density at radius 2 is 1.76 bits per heavy atom. The van der Waals surface area contributed by atoms with Crippen LogP contribution in [0.3, 0.4) is 0 Å². The zero-order valence-electron chi connectivity index (χ0n) is 29.6. The van der Waals surface area contributed by atoms with Crippen molar-refractivity contribution in [2.75, 3.05) is 64.4 Å². The molecule has 2 atom stereocenters. The molecule has 9 nitrogen and oxygen atoms in total. The average Bonchev–Trinajstić information content (AvgIpc) is 3.20. The molecule has 2 aliphatic heterocycles. The van der Waals surface area contributed by atoms with Gasteiger partial charge in [0, 0.05) is 59.6 Å². The highest BCUT2D eigenvalue weighted by atomic mass is 35.5. The Kier molecular flexibility index (Phi) is 13.4. The third-order valence-electron chi connectivity index (χ3n) is 8.88. The first-order valence-electron chi connectivity index (χ1n) is 17.5. The summed E-state index contributed by atoms with van der Waals surface area (Å²) < 4.78 is 19.0. The van der Waals surface area contributed by atoms with Gasteiger partial charge in [-0.1, -0.05) is 74.3 Å². The van der Waals surface area contributed by atoms with Crippen LogP contribution in [-0.4, -0.2) is 82.3 Å². The molecule has 0 saturated carbocycles. The number of benzene rings is 3. The summed E-state index contributed by atoms with van der Waals surface area (Å²) in [6.07, 6.45) is 0.872. The van der Waals surface area contributed by atoms with Crippen LogP contribution in [-0.2, 0) is 20.7 Å². The van der Waals surface area contributed by atoms with Crippen LogP contribution in [0.4, 0.5) is 5.69 Å². The van der Waals surface area contributed by atoms with Gasteiger partial charge in [-0.15, -0.1) is 0 Å². The fourth-order valence-corrected chi connectivity index (χ4v) is 6.88. The van der Waals surface area contributed by atoms with Crippen molar-refractivity contribution >= 4 is 40.7 Å². The number of amides is 2. The van der Waals surface area contributed by atoms with Gasteiger partial charge in [0.1, 0.15) is 12.2 Å². The van der Waals surface area contributed by atoms with E-state index in [-0.39, 0.29) is 23.7 Å². The second-order valence-corrected chi connectivity index (χ2v) is 14.9. The smallest absolute Gasteiger partial charge is 0.256 e. The molecule has 2 heterocycles. The second-order valence-electron chi connectivity index (χ2n) is 14.1. The summed E-state index contributed by atoms with van der Waals surface area (Å²) in [6.45, 7) is 11.5. The molecule has 2 N–H and O–H groups in total. The van der Waals surface area contributed by atoms with Gasteiger partial charge in [-0.05, 0) is 73.7 Å². The van der Waals surface area contributed by atoms with E-state index in [2.05, 4.69) is 37.5 Å². The van der Waals surface area contributed by atoms with Crippen molar-refractivity contribution in [3.05, 3.63) is 87.4 Å². The maximum atomic E-state index is 14.4. The lowest BCUT2D eigenvalue weighted by Gasteiger charge is -2.32. The predicted octanol–water partition coefficient (Wildman–Crippen LogP) is 6.68. The van der Waals surface area contributed by atoms with E-state index in [0.717, 1.165) is 61.6 Å². The van der Waals surface area contributed by atoms with E-state index in [1.54, 1.807) is 23.0 Å². The van der Waals surface area contributed by atoms with Crippen molar-refractivity contribution < 1.29 is 23.8 Å². The summed E-state index contributed by atoms with van der Waals surface area (Å²) >= 11 is 12.9. The first kappa shape index (κ1) is 37.9. The van der Waals surface area contributed by atoms with Crippen molar-refractivity contribution in [2.45, 2.75) is 58.7 Å². The number of rotatable bonds is 14. The highest BCUT2D eigenvalue weighted by Gasteiger charge is 2.40. The number of nitrogens with zero attached hydrogens (tertiary/aromatic N) is 2. The van der Waals surface area contributed by atoms with Gasteiger partial charge in [0.05, 0.1) is 20.1 Å². The molecule has 2 unspecified atom stereocenters. The molecule has 270 valence electrons. The normalized spacial score (nSPS) is 18.1. The lowest BCUT2D eigenvalue weighted by atomic mass is 9.94. The number of carbonyl (C=O) groups is 2. The van der Waals surface area contributed by atoms with Gasteiger partial charge in [0.15, 0.2) is 11.5 Å². The highest BCUT2D eigenvalue weighted by Crippen LogP contribution is 2.45. The molecule has 1 fully saturated rings. The average molecular weight is 726 g/mol. The number of carbonyl (C=O) groups excluding carboxylic acids is 2. The van der Waals surface area contributed by atoms with Crippen LogP contribution in [0.1, 0.15) is 62.8 Å². The Balaban J connectivity index is 1.34. The molecule has 0 spiro atoms. The van der Waals surface area contributed by atoms with Crippen LogP contribution < -0.4 is 25.0 Å². The summed E-state index contributed by atoms with van der Waals surface area (Å²) in [4.78, 5) is 31.5. The minimum Gasteiger partial charge on any atom is -0.492 e. The lowest BCUT2D eigenvalue weighted by molar-refractivity contribution is -0.143. The molecule has 2 aliphatic rings. The number of para-hydroxylation sites is 1. The molecule has 0 aromatic heterocycles. The maximum Gasteiger partial charge on any atom is 0.256 e. The first-order chi connectivity index (χ1) is 24.1. The number of anilines is 1. The Hall–Kier alpha value is -3.34. The van der Waals surface area contributed by atoms with Gasteiger partial charge < -0.3 is 34.6 Å². The van der Waals surface area contributed by atoms with E-state index in [0.29, 0.717) is 54.0 Å². The predicted molar refractivity (Wildman–Crippen MR) is 200 cm³/mol. The monoisotopic (exact) mass is 724 g/mol. The molecule has 50 heavy (non-hydrogen) atoms. The SMILES string of the molecule is COc1c(OCCCNCCCc2ccccc2Cl)cccc1C1OC(CC(=O)N2CCNCC2)C(=O)N(CC(C)(C)C)c2ccc(Cl)cc21. The summed E-state index contributed by atoms with van der Waals surface area (Å²) in [5.41, 5.74) is 3.05. The standard InChI is InChI=1S/C39H50Cl2N4O5/c1-39(2,3)26-45-32-16-15-28(40)24-30(32)36(50-34(38(45)47)25-35(46)44-21-19-43-20-22-44)29-12-7-14-33(37(29)48-4)49-23-9-18-42-17-8-11-27-10-5-6-13-31(27)41/h5-7,10,12-16,24,34,36,42-43H,8-9,11,17-23,25-26H2,1-4H3. The number of halogens is 2. The third-order valence-corrected chi connectivity index (χ3v) is 9.48. The Labute approximate surface area is 306 Å². The molecular formula is C39H50Cl2N4O5. The number of hydrogen-bond acceptors (Lipinski definition) is 7. The van der Waals surface area contributed by atoms with Crippen LogP contribution in [0.25, 0.3) is 0 Å². The van der Waals surface area contributed by atoms with Gasteiger partial charge >= 0.3 is 0 Å². The minimum atomic E-state index is -1.02. The van der Waals surface area contributed by atoms with Crippen molar-refractivity contribution in [1.82, 2.24) is 15.5 Å². The molecule has 2 amide bonds. The van der Waals surface area contributed by atoms with Crippen molar-refractivity contribution in [1.29, 1.82) is 0 Å². The van der Waals surface area contributed by atoms with Crippen molar-refractivity contribution in [3.8, 4) is 11.5 Å². The van der Waals surface area contributed by atoms with Crippen molar-refractivity contribution in [3.63, 3.8) is 0 Å². The fourth-order valence-electron chi connectivity index (χ4n) is 6.47. The number of aryl methyl sites for hydroxylation is 1. The summed E-state index contributed by atoms with van der Waals surface area (Å²) in [5, 5.41) is 8.09. The van der Waals surface area contributed by atoms with Gasteiger partial charge in [0.2, 0.25) is 5.91 Å². The largest absolute Gasteiger partial charge is 0.492 e. The number of fused-ring (bicyclic) bond motifs is 1. The fraction of sp³-hybridized carbons (Fsp3) is 0.487. The Bertz CT molecular complexity index is 1610. The number of piperazine rings is 1. The zero-order chi connectivity index (χ0) is 35.7. The molecule has 3 aromatic carbocycles. The van der Waals surface area contributed by atoms with E-state index in [1.165, 1.54) is 0 Å².